The van der Waals surface area contributed by atoms with E-state index < -0.39 is 18.2 Å². The van der Waals surface area contributed by atoms with E-state index in [4.69, 9.17) is 0 Å². The SMILES string of the molecule is C[C@H](c1ccccc1)N1C[C@H]2N(C(=O)CN(C)N2C(=O)NCc2ccc(F)cc2)[C@@H](Cc2ccc(O)cc2)C1=O. The topological polar surface area (TPSA) is 96.4 Å². The maximum absolute atomic E-state index is 14.0. The first-order chi connectivity index (χ1) is 19.2. The summed E-state index contributed by atoms with van der Waals surface area (Å²) in [5.41, 5.74) is 2.45. The quantitative estimate of drug-likeness (QED) is 0.496. The van der Waals surface area contributed by atoms with Gasteiger partial charge in [0.1, 0.15) is 23.8 Å². The molecule has 2 aliphatic rings. The van der Waals surface area contributed by atoms with Crippen molar-refractivity contribution in [1.82, 2.24) is 25.1 Å². The number of fused-ring (bicyclic) bond motifs is 1. The third-order valence-corrected chi connectivity index (χ3v) is 7.57. The number of benzene rings is 3. The van der Waals surface area contributed by atoms with Gasteiger partial charge in [0.25, 0.3) is 0 Å². The Kier molecular flexibility index (Phi) is 7.70. The van der Waals surface area contributed by atoms with Crippen molar-refractivity contribution in [3.63, 3.8) is 0 Å². The van der Waals surface area contributed by atoms with Gasteiger partial charge in [-0.15, -0.1) is 0 Å². The molecule has 10 heteroatoms. The molecule has 0 aromatic heterocycles. The van der Waals surface area contributed by atoms with E-state index >= 15 is 0 Å². The molecular formula is C30H32FN5O4. The van der Waals surface area contributed by atoms with Gasteiger partial charge < -0.3 is 20.2 Å². The highest BCUT2D eigenvalue weighted by atomic mass is 19.1. The van der Waals surface area contributed by atoms with Crippen LogP contribution in [0.3, 0.4) is 0 Å². The summed E-state index contributed by atoms with van der Waals surface area (Å²) in [5.74, 6) is -0.709. The zero-order valence-electron chi connectivity index (χ0n) is 22.4. The largest absolute Gasteiger partial charge is 0.508 e. The van der Waals surface area contributed by atoms with Gasteiger partial charge in [0, 0.05) is 20.0 Å². The maximum Gasteiger partial charge on any atom is 0.334 e. The highest BCUT2D eigenvalue weighted by molar-refractivity contribution is 5.92. The van der Waals surface area contributed by atoms with Crippen molar-refractivity contribution in [1.29, 1.82) is 0 Å². The predicted octanol–water partition coefficient (Wildman–Crippen LogP) is 3.27. The van der Waals surface area contributed by atoms with Crippen LogP contribution in [0.4, 0.5) is 9.18 Å². The maximum atomic E-state index is 14.0. The fraction of sp³-hybridized carbons (Fsp3) is 0.300. The molecule has 3 atom stereocenters. The molecular weight excluding hydrogens is 513 g/mol. The molecule has 2 saturated heterocycles. The number of halogens is 1. The van der Waals surface area contributed by atoms with E-state index in [0.717, 1.165) is 16.7 Å². The second kappa shape index (κ2) is 11.4. The van der Waals surface area contributed by atoms with Gasteiger partial charge in [-0.1, -0.05) is 54.6 Å². The van der Waals surface area contributed by atoms with Crippen LogP contribution in [0.2, 0.25) is 0 Å². The summed E-state index contributed by atoms with van der Waals surface area (Å²) in [6, 6.07) is 20.5. The van der Waals surface area contributed by atoms with E-state index in [-0.39, 0.29) is 55.5 Å². The number of rotatable bonds is 6. The Bertz CT molecular complexity index is 1370. The first kappa shape index (κ1) is 27.1. The zero-order chi connectivity index (χ0) is 28.4. The summed E-state index contributed by atoms with van der Waals surface area (Å²) in [4.78, 5) is 44.3. The van der Waals surface area contributed by atoms with Crippen LogP contribution in [-0.4, -0.2) is 75.1 Å². The lowest BCUT2D eigenvalue weighted by Crippen LogP contribution is -2.76. The highest BCUT2D eigenvalue weighted by Gasteiger charge is 2.51. The minimum Gasteiger partial charge on any atom is -0.508 e. The number of urea groups is 1. The van der Waals surface area contributed by atoms with Gasteiger partial charge in [0.15, 0.2) is 0 Å². The summed E-state index contributed by atoms with van der Waals surface area (Å²) in [5, 5.41) is 15.7. The zero-order valence-corrected chi connectivity index (χ0v) is 22.4. The van der Waals surface area contributed by atoms with Crippen molar-refractivity contribution in [2.75, 3.05) is 20.1 Å². The van der Waals surface area contributed by atoms with Crippen molar-refractivity contribution < 1.29 is 23.9 Å². The molecule has 3 aromatic rings. The summed E-state index contributed by atoms with van der Waals surface area (Å²) >= 11 is 0. The van der Waals surface area contributed by atoms with Crippen LogP contribution in [-0.2, 0) is 22.6 Å². The van der Waals surface area contributed by atoms with Crippen molar-refractivity contribution in [2.45, 2.75) is 38.1 Å². The van der Waals surface area contributed by atoms with Crippen molar-refractivity contribution >= 4 is 17.8 Å². The monoisotopic (exact) mass is 545 g/mol. The standard InChI is InChI=1S/C30H32FN5O4/c1-20(23-6-4-3-5-7-23)34-18-27-35(26(29(34)39)16-21-10-14-25(37)15-11-21)28(38)19-33(2)36(27)30(40)32-17-22-8-12-24(31)13-9-22/h3-15,20,26-27,37H,16-19H2,1-2H3,(H,32,40)/t20-,26+,27+/m1/s1. The van der Waals surface area contributed by atoms with E-state index in [2.05, 4.69) is 5.32 Å². The first-order valence-electron chi connectivity index (χ1n) is 13.2. The number of nitrogens with zero attached hydrogens (tertiary/aromatic N) is 4. The van der Waals surface area contributed by atoms with Gasteiger partial charge in [-0.2, -0.15) is 0 Å². The molecule has 3 aromatic carbocycles. The van der Waals surface area contributed by atoms with Crippen LogP contribution in [0, 0.1) is 5.82 Å². The van der Waals surface area contributed by atoms with Crippen LogP contribution in [0.15, 0.2) is 78.9 Å². The van der Waals surface area contributed by atoms with Crippen LogP contribution < -0.4 is 5.32 Å². The molecule has 2 N–H and O–H groups in total. The number of hydrogen-bond acceptors (Lipinski definition) is 5. The Morgan fingerprint density at radius 2 is 1.65 bits per heavy atom. The minimum atomic E-state index is -0.844. The van der Waals surface area contributed by atoms with E-state index in [1.807, 2.05) is 37.3 Å². The Balaban J connectivity index is 1.47. The molecule has 208 valence electrons. The fourth-order valence-electron chi connectivity index (χ4n) is 5.44. The molecule has 2 fully saturated rings. The van der Waals surface area contributed by atoms with Crippen molar-refractivity contribution in [3.8, 4) is 5.75 Å². The minimum absolute atomic E-state index is 0.0753. The van der Waals surface area contributed by atoms with Gasteiger partial charge in [0.05, 0.1) is 19.1 Å². The number of piperazine rings is 1. The molecule has 0 unspecified atom stereocenters. The summed E-state index contributed by atoms with van der Waals surface area (Å²) < 4.78 is 13.3. The molecule has 0 saturated carbocycles. The molecule has 0 spiro atoms. The second-order valence-electron chi connectivity index (χ2n) is 10.2. The van der Waals surface area contributed by atoms with Gasteiger partial charge in [-0.3, -0.25) is 9.59 Å². The highest BCUT2D eigenvalue weighted by Crippen LogP contribution is 2.32. The number of carbonyl (C=O) groups is 3. The van der Waals surface area contributed by atoms with Gasteiger partial charge in [0.2, 0.25) is 11.8 Å². The normalized spacial score (nSPS) is 20.3. The van der Waals surface area contributed by atoms with Crippen LogP contribution >= 0.6 is 0 Å². The first-order valence-corrected chi connectivity index (χ1v) is 13.2. The van der Waals surface area contributed by atoms with Crippen LogP contribution in [0.25, 0.3) is 0 Å². The lowest BCUT2D eigenvalue weighted by atomic mass is 9.96. The molecule has 2 aliphatic heterocycles. The molecule has 2 heterocycles. The van der Waals surface area contributed by atoms with Gasteiger partial charge in [-0.25, -0.2) is 19.2 Å². The lowest BCUT2D eigenvalue weighted by molar-refractivity contribution is -0.189. The molecule has 0 aliphatic carbocycles. The molecule has 40 heavy (non-hydrogen) atoms. The number of carbonyl (C=O) groups excluding carboxylic acids is 3. The number of likely N-dealkylation sites (N-methyl/N-ethyl adjacent to an activating group) is 1. The fourth-order valence-corrected chi connectivity index (χ4v) is 5.44. The third kappa shape index (κ3) is 5.48. The number of hydrazine groups is 1. The Hall–Kier alpha value is -4.44. The number of nitrogens with one attached hydrogen (secondary N) is 1. The Labute approximate surface area is 232 Å². The number of aromatic hydroxyl groups is 1. The van der Waals surface area contributed by atoms with Crippen molar-refractivity contribution in [2.24, 2.45) is 0 Å². The van der Waals surface area contributed by atoms with E-state index in [9.17, 15) is 23.9 Å². The summed E-state index contributed by atoms with van der Waals surface area (Å²) in [6.07, 6.45) is -0.515. The van der Waals surface area contributed by atoms with Crippen LogP contribution in [0.1, 0.15) is 29.7 Å². The lowest BCUT2D eigenvalue weighted by Gasteiger charge is -2.55. The van der Waals surface area contributed by atoms with E-state index in [1.165, 1.54) is 22.0 Å². The predicted molar refractivity (Wildman–Crippen MR) is 146 cm³/mol. The molecule has 4 amide bonds. The summed E-state index contributed by atoms with van der Waals surface area (Å²) in [7, 11) is 1.67. The van der Waals surface area contributed by atoms with Gasteiger partial charge in [-0.05, 0) is 47.9 Å². The average Bonchev–Trinajstić information content (AvgIpc) is 2.95. The third-order valence-electron chi connectivity index (χ3n) is 7.57. The molecule has 0 radical (unpaired) electrons. The summed E-state index contributed by atoms with van der Waals surface area (Å²) in [6.45, 7) is 2.16. The average molecular weight is 546 g/mol. The van der Waals surface area contributed by atoms with Gasteiger partial charge >= 0.3 is 6.03 Å². The smallest absolute Gasteiger partial charge is 0.334 e. The number of phenolic OH excluding ortho intramolecular Hbond substituents is 1. The van der Waals surface area contributed by atoms with E-state index in [0.29, 0.717) is 0 Å². The van der Waals surface area contributed by atoms with E-state index in [1.54, 1.807) is 53.4 Å². The number of hydrogen-bond donors (Lipinski definition) is 2. The van der Waals surface area contributed by atoms with Crippen LogP contribution in [0.5, 0.6) is 5.75 Å². The second-order valence-corrected chi connectivity index (χ2v) is 10.2. The number of phenols is 1. The molecule has 5 rings (SSSR count). The number of amides is 4. The van der Waals surface area contributed by atoms with Crippen molar-refractivity contribution in [3.05, 3.63) is 101 Å². The Morgan fingerprint density at radius 3 is 2.33 bits per heavy atom. The Morgan fingerprint density at radius 1 is 1.00 bits per heavy atom. The molecule has 9 nitrogen and oxygen atoms in total. The molecule has 0 bridgehead atoms.